The van der Waals surface area contributed by atoms with Crippen LogP contribution in [-0.4, -0.2) is 5.78 Å². The van der Waals surface area contributed by atoms with Crippen molar-refractivity contribution in [1.82, 2.24) is 0 Å². The summed E-state index contributed by atoms with van der Waals surface area (Å²) in [6.07, 6.45) is 5.75. The van der Waals surface area contributed by atoms with Gasteiger partial charge in [-0.2, -0.15) is 0 Å². The summed E-state index contributed by atoms with van der Waals surface area (Å²) in [6, 6.07) is 5.61. The summed E-state index contributed by atoms with van der Waals surface area (Å²) in [5.74, 6) is 0.519. The molecule has 0 aliphatic heterocycles. The molecule has 1 aromatic rings. The van der Waals surface area contributed by atoms with Gasteiger partial charge in [0.25, 0.3) is 0 Å². The molecule has 2 heteroatoms. The molecular formula is C14H17ClO. The fourth-order valence-electron chi connectivity index (χ4n) is 2.46. The lowest BCUT2D eigenvalue weighted by Gasteiger charge is -2.21. The summed E-state index contributed by atoms with van der Waals surface area (Å²) < 4.78 is 0. The van der Waals surface area contributed by atoms with Gasteiger partial charge in [-0.15, -0.1) is 0 Å². The van der Waals surface area contributed by atoms with Crippen LogP contribution in [0.2, 0.25) is 5.02 Å². The highest BCUT2D eigenvalue weighted by atomic mass is 35.5. The minimum atomic E-state index is 0.228. The summed E-state index contributed by atoms with van der Waals surface area (Å²) in [7, 11) is 0. The Morgan fingerprint density at radius 1 is 1.25 bits per heavy atom. The molecule has 0 radical (unpaired) electrons. The number of hydrogen-bond donors (Lipinski definition) is 0. The standard InChI is InChI=1S/C14H17ClO/c1-10-12(8-5-9-13(10)15)14(16)11-6-3-2-4-7-11/h5,8-9,11H,2-4,6-7H2,1H3. The van der Waals surface area contributed by atoms with E-state index in [0.29, 0.717) is 10.8 Å². The monoisotopic (exact) mass is 236 g/mol. The van der Waals surface area contributed by atoms with E-state index >= 15 is 0 Å². The number of benzene rings is 1. The highest BCUT2D eigenvalue weighted by Crippen LogP contribution is 2.29. The third-order valence-corrected chi connectivity index (χ3v) is 3.92. The summed E-state index contributed by atoms with van der Waals surface area (Å²) >= 11 is 6.04. The van der Waals surface area contributed by atoms with Gasteiger partial charge in [-0.25, -0.2) is 0 Å². The normalized spacial score (nSPS) is 17.4. The van der Waals surface area contributed by atoms with Gasteiger partial charge in [-0.05, 0) is 31.4 Å². The topological polar surface area (TPSA) is 17.1 Å². The predicted molar refractivity (Wildman–Crippen MR) is 67.1 cm³/mol. The SMILES string of the molecule is Cc1c(Cl)cccc1C(=O)C1CCCCC1. The first-order chi connectivity index (χ1) is 7.70. The Bertz CT molecular complexity index is 392. The Hall–Kier alpha value is -0.820. The van der Waals surface area contributed by atoms with Crippen molar-refractivity contribution in [2.45, 2.75) is 39.0 Å². The van der Waals surface area contributed by atoms with Crippen LogP contribution in [0.3, 0.4) is 0 Å². The zero-order chi connectivity index (χ0) is 11.5. The van der Waals surface area contributed by atoms with E-state index in [1.54, 1.807) is 0 Å². The van der Waals surface area contributed by atoms with Gasteiger partial charge in [0.2, 0.25) is 0 Å². The second kappa shape index (κ2) is 5.01. The molecule has 0 heterocycles. The quantitative estimate of drug-likeness (QED) is 0.695. The van der Waals surface area contributed by atoms with E-state index in [2.05, 4.69) is 0 Å². The van der Waals surface area contributed by atoms with Gasteiger partial charge in [0.05, 0.1) is 0 Å². The van der Waals surface area contributed by atoms with Crippen molar-refractivity contribution in [1.29, 1.82) is 0 Å². The van der Waals surface area contributed by atoms with Crippen molar-refractivity contribution in [3.05, 3.63) is 34.3 Å². The van der Waals surface area contributed by atoms with Crippen LogP contribution in [0.5, 0.6) is 0 Å². The average molecular weight is 237 g/mol. The van der Waals surface area contributed by atoms with Crippen LogP contribution < -0.4 is 0 Å². The van der Waals surface area contributed by atoms with Gasteiger partial charge in [0.1, 0.15) is 0 Å². The van der Waals surface area contributed by atoms with Crippen LogP contribution in [0.4, 0.5) is 0 Å². The molecule has 16 heavy (non-hydrogen) atoms. The summed E-state index contributed by atoms with van der Waals surface area (Å²) in [4.78, 5) is 12.3. The smallest absolute Gasteiger partial charge is 0.166 e. The summed E-state index contributed by atoms with van der Waals surface area (Å²) in [6.45, 7) is 1.93. The molecule has 1 aliphatic carbocycles. The maximum Gasteiger partial charge on any atom is 0.166 e. The van der Waals surface area contributed by atoms with E-state index in [9.17, 15) is 4.79 Å². The van der Waals surface area contributed by atoms with E-state index in [-0.39, 0.29) is 5.92 Å². The molecule has 1 aromatic carbocycles. The van der Waals surface area contributed by atoms with Crippen LogP contribution >= 0.6 is 11.6 Å². The fourth-order valence-corrected chi connectivity index (χ4v) is 2.63. The largest absolute Gasteiger partial charge is 0.294 e. The zero-order valence-electron chi connectivity index (χ0n) is 9.63. The predicted octanol–water partition coefficient (Wildman–Crippen LogP) is 4.41. The highest BCUT2D eigenvalue weighted by molar-refractivity contribution is 6.31. The molecule has 0 spiro atoms. The van der Waals surface area contributed by atoms with Crippen molar-refractivity contribution in [3.8, 4) is 0 Å². The average Bonchev–Trinajstić information content (AvgIpc) is 2.33. The number of halogens is 1. The van der Waals surface area contributed by atoms with E-state index in [1.165, 1.54) is 19.3 Å². The Labute approximate surface area is 102 Å². The minimum absolute atomic E-state index is 0.228. The summed E-state index contributed by atoms with van der Waals surface area (Å²) in [5, 5.41) is 0.696. The first-order valence-corrected chi connectivity index (χ1v) is 6.37. The van der Waals surface area contributed by atoms with Crippen molar-refractivity contribution in [2.75, 3.05) is 0 Å². The van der Waals surface area contributed by atoms with Crippen molar-refractivity contribution >= 4 is 17.4 Å². The van der Waals surface area contributed by atoms with Crippen LogP contribution in [0.1, 0.15) is 48.0 Å². The fraction of sp³-hybridized carbons (Fsp3) is 0.500. The minimum Gasteiger partial charge on any atom is -0.294 e. The first-order valence-electron chi connectivity index (χ1n) is 5.99. The molecule has 2 rings (SSSR count). The highest BCUT2D eigenvalue weighted by Gasteiger charge is 2.23. The van der Waals surface area contributed by atoms with Crippen LogP contribution in [0, 0.1) is 12.8 Å². The van der Waals surface area contributed by atoms with Gasteiger partial charge < -0.3 is 0 Å². The molecule has 0 atom stereocenters. The van der Waals surface area contributed by atoms with E-state index in [0.717, 1.165) is 24.0 Å². The van der Waals surface area contributed by atoms with Crippen molar-refractivity contribution in [3.63, 3.8) is 0 Å². The molecule has 0 amide bonds. The molecule has 86 valence electrons. The lowest BCUT2D eigenvalue weighted by molar-refractivity contribution is 0.0889. The third kappa shape index (κ3) is 2.30. The van der Waals surface area contributed by atoms with Crippen molar-refractivity contribution < 1.29 is 4.79 Å². The number of carbonyl (C=O) groups excluding carboxylic acids is 1. The second-order valence-corrected chi connectivity index (χ2v) is 5.02. The Kier molecular flexibility index (Phi) is 3.65. The Morgan fingerprint density at radius 3 is 2.62 bits per heavy atom. The lowest BCUT2D eigenvalue weighted by Crippen LogP contribution is -2.18. The first kappa shape index (κ1) is 11.7. The van der Waals surface area contributed by atoms with E-state index in [1.807, 2.05) is 25.1 Å². The molecule has 0 N–H and O–H groups in total. The lowest BCUT2D eigenvalue weighted by atomic mass is 9.83. The Morgan fingerprint density at radius 2 is 1.94 bits per heavy atom. The third-order valence-electron chi connectivity index (χ3n) is 3.51. The summed E-state index contributed by atoms with van der Waals surface area (Å²) in [5.41, 5.74) is 1.75. The number of Topliss-reactive ketones (excluding diaryl/α,β-unsaturated/α-hetero) is 1. The molecule has 1 aliphatic rings. The molecule has 1 saturated carbocycles. The van der Waals surface area contributed by atoms with Gasteiger partial charge >= 0.3 is 0 Å². The van der Waals surface area contributed by atoms with Gasteiger partial charge in [0, 0.05) is 16.5 Å². The second-order valence-electron chi connectivity index (χ2n) is 4.61. The van der Waals surface area contributed by atoms with Crippen LogP contribution in [-0.2, 0) is 0 Å². The zero-order valence-corrected chi connectivity index (χ0v) is 10.4. The molecular weight excluding hydrogens is 220 g/mol. The molecule has 1 fully saturated rings. The van der Waals surface area contributed by atoms with Crippen LogP contribution in [0.25, 0.3) is 0 Å². The van der Waals surface area contributed by atoms with Crippen LogP contribution in [0.15, 0.2) is 18.2 Å². The van der Waals surface area contributed by atoms with Gasteiger partial charge in [-0.3, -0.25) is 4.79 Å². The van der Waals surface area contributed by atoms with Crippen molar-refractivity contribution in [2.24, 2.45) is 5.92 Å². The van der Waals surface area contributed by atoms with E-state index in [4.69, 9.17) is 11.6 Å². The van der Waals surface area contributed by atoms with Gasteiger partial charge in [0.15, 0.2) is 5.78 Å². The van der Waals surface area contributed by atoms with Gasteiger partial charge in [-0.1, -0.05) is 43.0 Å². The molecule has 1 nitrogen and oxygen atoms in total. The molecule has 0 aromatic heterocycles. The molecule has 0 unspecified atom stereocenters. The number of ketones is 1. The molecule has 0 bridgehead atoms. The van der Waals surface area contributed by atoms with E-state index < -0.39 is 0 Å². The maximum absolute atomic E-state index is 12.3. The maximum atomic E-state index is 12.3. The number of rotatable bonds is 2. The number of hydrogen-bond acceptors (Lipinski definition) is 1. The number of carbonyl (C=O) groups is 1. The Balaban J connectivity index is 2.22. The molecule has 0 saturated heterocycles.